The van der Waals surface area contributed by atoms with Crippen LogP contribution in [0.15, 0.2) is 47.9 Å². The molecule has 1 aromatic heterocycles. The number of halogens is 1. The van der Waals surface area contributed by atoms with Crippen LogP contribution in [0.3, 0.4) is 0 Å². The summed E-state index contributed by atoms with van der Waals surface area (Å²) in [5, 5.41) is 6.11. The van der Waals surface area contributed by atoms with E-state index in [4.69, 9.17) is 25.8 Å². The molecule has 156 valence electrons. The van der Waals surface area contributed by atoms with Gasteiger partial charge in [0.05, 0.1) is 35.6 Å². The average Bonchev–Trinajstić information content (AvgIpc) is 3.16. The van der Waals surface area contributed by atoms with Gasteiger partial charge in [-0.25, -0.2) is 4.98 Å². The highest BCUT2D eigenvalue weighted by Gasteiger charge is 2.11. The maximum atomic E-state index is 12.4. The molecular formula is C22H21ClN2O4S. The topological polar surface area (TPSA) is 69.7 Å². The summed E-state index contributed by atoms with van der Waals surface area (Å²) in [6.07, 6.45) is 3.13. The van der Waals surface area contributed by atoms with Gasteiger partial charge in [-0.1, -0.05) is 23.7 Å². The molecule has 0 aliphatic heterocycles. The second-order valence-corrected chi connectivity index (χ2v) is 7.70. The van der Waals surface area contributed by atoms with Crippen molar-refractivity contribution >= 4 is 40.6 Å². The van der Waals surface area contributed by atoms with Gasteiger partial charge in [-0.05, 0) is 36.8 Å². The first-order valence-corrected chi connectivity index (χ1v) is 10.3. The lowest BCUT2D eigenvalue weighted by molar-refractivity contribution is -0.111. The minimum Gasteiger partial charge on any atom is -0.495 e. The molecular weight excluding hydrogens is 424 g/mol. The lowest BCUT2D eigenvalue weighted by Crippen LogP contribution is -2.09. The van der Waals surface area contributed by atoms with E-state index in [1.807, 2.05) is 36.6 Å². The highest BCUT2D eigenvalue weighted by molar-refractivity contribution is 7.09. The molecule has 1 amide bonds. The van der Waals surface area contributed by atoms with Gasteiger partial charge < -0.3 is 19.5 Å². The number of hydrogen-bond acceptors (Lipinski definition) is 6. The molecule has 1 heterocycles. The molecule has 0 aliphatic carbocycles. The number of carbonyl (C=O) groups excluding carboxylic acids is 1. The van der Waals surface area contributed by atoms with Crippen molar-refractivity contribution in [3.63, 3.8) is 0 Å². The van der Waals surface area contributed by atoms with Crippen molar-refractivity contribution in [3.8, 4) is 17.2 Å². The van der Waals surface area contributed by atoms with Crippen molar-refractivity contribution in [2.45, 2.75) is 13.5 Å². The second-order valence-electron chi connectivity index (χ2n) is 6.23. The van der Waals surface area contributed by atoms with Crippen molar-refractivity contribution in [2.75, 3.05) is 19.5 Å². The summed E-state index contributed by atoms with van der Waals surface area (Å²) in [4.78, 5) is 16.7. The summed E-state index contributed by atoms with van der Waals surface area (Å²) < 4.78 is 16.2. The quantitative estimate of drug-likeness (QED) is 0.474. The van der Waals surface area contributed by atoms with E-state index in [-0.39, 0.29) is 5.91 Å². The van der Waals surface area contributed by atoms with E-state index in [2.05, 4.69) is 10.3 Å². The van der Waals surface area contributed by atoms with E-state index in [1.165, 1.54) is 20.3 Å². The summed E-state index contributed by atoms with van der Waals surface area (Å²) in [6, 6.07) is 10.7. The number of benzene rings is 2. The van der Waals surface area contributed by atoms with Gasteiger partial charge in [-0.3, -0.25) is 4.79 Å². The number of nitrogens with zero attached hydrogens (tertiary/aromatic N) is 1. The first kappa shape index (κ1) is 21.7. The molecule has 0 spiro atoms. The van der Waals surface area contributed by atoms with Gasteiger partial charge in [0.1, 0.15) is 23.9 Å². The molecule has 0 atom stereocenters. The fourth-order valence-corrected chi connectivity index (χ4v) is 3.48. The number of ether oxygens (including phenoxy) is 3. The Labute approximate surface area is 184 Å². The Morgan fingerprint density at radius 3 is 2.70 bits per heavy atom. The highest BCUT2D eigenvalue weighted by Crippen LogP contribution is 2.35. The molecule has 6 nitrogen and oxygen atoms in total. The number of methoxy groups -OCH3 is 2. The van der Waals surface area contributed by atoms with Gasteiger partial charge in [0, 0.05) is 17.5 Å². The van der Waals surface area contributed by atoms with Crippen LogP contribution in [0.1, 0.15) is 16.3 Å². The van der Waals surface area contributed by atoms with Crippen LogP contribution in [0, 0.1) is 6.92 Å². The molecule has 1 N–H and O–H groups in total. The number of aryl methyl sites for hydroxylation is 1. The molecule has 30 heavy (non-hydrogen) atoms. The van der Waals surface area contributed by atoms with Gasteiger partial charge >= 0.3 is 0 Å². The molecule has 0 saturated heterocycles. The Morgan fingerprint density at radius 2 is 2.00 bits per heavy atom. The Balaban J connectivity index is 1.64. The summed E-state index contributed by atoms with van der Waals surface area (Å²) in [7, 11) is 3.02. The Hall–Kier alpha value is -3.03. The molecule has 0 aliphatic rings. The van der Waals surface area contributed by atoms with Crippen molar-refractivity contribution in [1.29, 1.82) is 0 Å². The highest BCUT2D eigenvalue weighted by atomic mass is 35.5. The minimum atomic E-state index is -0.321. The third kappa shape index (κ3) is 5.75. The fourth-order valence-electron chi connectivity index (χ4n) is 2.64. The lowest BCUT2D eigenvalue weighted by atomic mass is 10.2. The zero-order chi connectivity index (χ0) is 21.5. The Morgan fingerprint density at radius 1 is 1.20 bits per heavy atom. The van der Waals surface area contributed by atoms with Crippen molar-refractivity contribution in [3.05, 3.63) is 69.1 Å². The van der Waals surface area contributed by atoms with Crippen LogP contribution in [0.25, 0.3) is 6.08 Å². The number of amides is 1. The second kappa shape index (κ2) is 10.1. The molecule has 0 saturated carbocycles. The van der Waals surface area contributed by atoms with E-state index in [0.29, 0.717) is 34.6 Å². The number of thiazole rings is 1. The molecule has 3 rings (SSSR count). The van der Waals surface area contributed by atoms with E-state index in [9.17, 15) is 4.79 Å². The van der Waals surface area contributed by atoms with Gasteiger partial charge in [-0.15, -0.1) is 11.3 Å². The lowest BCUT2D eigenvalue weighted by Gasteiger charge is -2.12. The molecule has 8 heteroatoms. The summed E-state index contributed by atoms with van der Waals surface area (Å²) in [6.45, 7) is 2.36. The van der Waals surface area contributed by atoms with Crippen LogP contribution in [-0.2, 0) is 11.4 Å². The molecule has 2 aromatic carbocycles. The third-order valence-electron chi connectivity index (χ3n) is 4.07. The molecule has 3 aromatic rings. The summed E-state index contributed by atoms with van der Waals surface area (Å²) in [5.74, 6) is 1.29. The Bertz CT molecular complexity index is 1070. The van der Waals surface area contributed by atoms with E-state index in [0.717, 1.165) is 16.3 Å². The summed E-state index contributed by atoms with van der Waals surface area (Å²) in [5.41, 5.74) is 2.18. The van der Waals surface area contributed by atoms with Crippen LogP contribution in [-0.4, -0.2) is 25.1 Å². The van der Waals surface area contributed by atoms with Gasteiger partial charge in [0.25, 0.3) is 0 Å². The maximum absolute atomic E-state index is 12.4. The monoisotopic (exact) mass is 444 g/mol. The number of anilines is 1. The standard InChI is InChI=1S/C22H21ClN2O4S/c1-14-24-16(13-30-14)12-29-17-6-4-5-15(9-17)7-8-22(26)25-19-10-18(23)20(27-2)11-21(19)28-3/h4-11,13H,12H2,1-3H3,(H,25,26)/b8-7+. The molecule has 0 fully saturated rings. The molecule has 0 bridgehead atoms. The first-order valence-electron chi connectivity index (χ1n) is 9.03. The van der Waals surface area contributed by atoms with Gasteiger partial charge in [-0.2, -0.15) is 0 Å². The normalized spacial score (nSPS) is 10.8. The van der Waals surface area contributed by atoms with Crippen LogP contribution >= 0.6 is 22.9 Å². The van der Waals surface area contributed by atoms with Gasteiger partial charge in [0.2, 0.25) is 5.91 Å². The third-order valence-corrected chi connectivity index (χ3v) is 5.19. The minimum absolute atomic E-state index is 0.321. The predicted molar refractivity (Wildman–Crippen MR) is 120 cm³/mol. The number of aromatic nitrogens is 1. The number of carbonyl (C=O) groups is 1. The number of hydrogen-bond donors (Lipinski definition) is 1. The maximum Gasteiger partial charge on any atom is 0.248 e. The van der Waals surface area contributed by atoms with E-state index < -0.39 is 0 Å². The van der Waals surface area contributed by atoms with Crippen LogP contribution < -0.4 is 19.5 Å². The SMILES string of the molecule is COc1cc(OC)c(NC(=O)/C=C/c2cccc(OCc3csc(C)n3)c2)cc1Cl. The number of rotatable bonds is 8. The largest absolute Gasteiger partial charge is 0.495 e. The number of nitrogens with one attached hydrogen (secondary N) is 1. The fraction of sp³-hybridized carbons (Fsp3) is 0.182. The molecule has 0 radical (unpaired) electrons. The van der Waals surface area contributed by atoms with E-state index >= 15 is 0 Å². The van der Waals surface area contributed by atoms with Crippen LogP contribution in [0.5, 0.6) is 17.2 Å². The molecule has 0 unspecified atom stereocenters. The van der Waals surface area contributed by atoms with Crippen LogP contribution in [0.4, 0.5) is 5.69 Å². The van der Waals surface area contributed by atoms with Crippen molar-refractivity contribution in [1.82, 2.24) is 4.98 Å². The van der Waals surface area contributed by atoms with Crippen molar-refractivity contribution < 1.29 is 19.0 Å². The van der Waals surface area contributed by atoms with Crippen molar-refractivity contribution in [2.24, 2.45) is 0 Å². The zero-order valence-corrected chi connectivity index (χ0v) is 18.3. The smallest absolute Gasteiger partial charge is 0.248 e. The van der Waals surface area contributed by atoms with E-state index in [1.54, 1.807) is 29.5 Å². The average molecular weight is 445 g/mol. The van der Waals surface area contributed by atoms with Crippen LogP contribution in [0.2, 0.25) is 5.02 Å². The Kier molecular flexibility index (Phi) is 7.32. The summed E-state index contributed by atoms with van der Waals surface area (Å²) >= 11 is 7.73. The van der Waals surface area contributed by atoms with Gasteiger partial charge in [0.15, 0.2) is 0 Å². The first-order chi connectivity index (χ1) is 14.5. The predicted octanol–water partition coefficient (Wildman–Crippen LogP) is 5.35. The zero-order valence-electron chi connectivity index (χ0n) is 16.8.